The van der Waals surface area contributed by atoms with Gasteiger partial charge in [-0.3, -0.25) is 4.68 Å². The fraction of sp³-hybridized carbons (Fsp3) is 0.727. The Labute approximate surface area is 86.5 Å². The van der Waals surface area contributed by atoms with Crippen LogP contribution in [0.1, 0.15) is 36.7 Å². The van der Waals surface area contributed by atoms with Gasteiger partial charge < -0.3 is 5.32 Å². The lowest BCUT2D eigenvalue weighted by molar-refractivity contribution is 0.637. The predicted octanol–water partition coefficient (Wildman–Crippen LogP) is 1.93. The first-order chi connectivity index (χ1) is 6.66. The zero-order chi connectivity index (χ0) is 10.6. The number of aromatic nitrogens is 2. The molecule has 1 heterocycles. The molecule has 14 heavy (non-hydrogen) atoms. The topological polar surface area (TPSA) is 29.9 Å². The molecule has 0 spiro atoms. The summed E-state index contributed by atoms with van der Waals surface area (Å²) in [5.74, 6) is 0. The monoisotopic (exact) mass is 195 g/mol. The Hall–Kier alpha value is -0.830. The maximum absolute atomic E-state index is 4.39. The summed E-state index contributed by atoms with van der Waals surface area (Å²) >= 11 is 0. The fourth-order valence-electron chi connectivity index (χ4n) is 1.59. The number of aryl methyl sites for hydroxylation is 2. The van der Waals surface area contributed by atoms with Gasteiger partial charge in [-0.2, -0.15) is 5.10 Å². The Balaban J connectivity index is 2.49. The minimum atomic E-state index is 0.950. The summed E-state index contributed by atoms with van der Waals surface area (Å²) < 4.78 is 1.95. The molecule has 0 bridgehead atoms. The standard InChI is InChI=1S/C11H21N3/c1-5-6-7-12-8-11-9(2)13-14(4)10(11)3/h12H,5-8H2,1-4H3. The first-order valence-corrected chi connectivity index (χ1v) is 5.36. The van der Waals surface area contributed by atoms with Gasteiger partial charge in [-0.05, 0) is 26.8 Å². The van der Waals surface area contributed by atoms with Crippen molar-refractivity contribution < 1.29 is 0 Å². The Morgan fingerprint density at radius 1 is 1.36 bits per heavy atom. The summed E-state index contributed by atoms with van der Waals surface area (Å²) in [6, 6.07) is 0. The SMILES string of the molecule is CCCCNCc1c(C)nn(C)c1C. The molecule has 0 atom stereocenters. The van der Waals surface area contributed by atoms with Crippen LogP contribution in [-0.4, -0.2) is 16.3 Å². The van der Waals surface area contributed by atoms with Gasteiger partial charge in [0.1, 0.15) is 0 Å². The van der Waals surface area contributed by atoms with Crippen molar-refractivity contribution in [1.29, 1.82) is 0 Å². The van der Waals surface area contributed by atoms with Crippen LogP contribution in [0.15, 0.2) is 0 Å². The van der Waals surface area contributed by atoms with E-state index in [0.717, 1.165) is 18.8 Å². The number of nitrogens with zero attached hydrogens (tertiary/aromatic N) is 2. The van der Waals surface area contributed by atoms with Crippen LogP contribution >= 0.6 is 0 Å². The largest absolute Gasteiger partial charge is 0.313 e. The van der Waals surface area contributed by atoms with E-state index in [2.05, 4.69) is 31.2 Å². The van der Waals surface area contributed by atoms with Gasteiger partial charge in [-0.15, -0.1) is 0 Å². The molecule has 0 radical (unpaired) electrons. The highest BCUT2D eigenvalue weighted by Gasteiger charge is 2.07. The minimum absolute atomic E-state index is 0.950. The van der Waals surface area contributed by atoms with E-state index >= 15 is 0 Å². The Bertz CT molecular complexity index is 289. The quantitative estimate of drug-likeness (QED) is 0.728. The molecule has 0 amide bonds. The van der Waals surface area contributed by atoms with Gasteiger partial charge >= 0.3 is 0 Å². The van der Waals surface area contributed by atoms with E-state index in [1.807, 2.05) is 11.7 Å². The normalized spacial score (nSPS) is 10.9. The Morgan fingerprint density at radius 2 is 2.07 bits per heavy atom. The second-order valence-corrected chi connectivity index (χ2v) is 3.80. The second-order valence-electron chi connectivity index (χ2n) is 3.80. The van der Waals surface area contributed by atoms with Crippen molar-refractivity contribution in [3.8, 4) is 0 Å². The lowest BCUT2D eigenvalue weighted by Crippen LogP contribution is -2.15. The molecule has 1 rings (SSSR count). The van der Waals surface area contributed by atoms with E-state index in [1.54, 1.807) is 0 Å². The van der Waals surface area contributed by atoms with Gasteiger partial charge in [-0.25, -0.2) is 0 Å². The molecule has 0 aromatic carbocycles. The smallest absolute Gasteiger partial charge is 0.0641 e. The zero-order valence-electron chi connectivity index (χ0n) is 9.72. The molecule has 0 saturated carbocycles. The molecule has 0 unspecified atom stereocenters. The van der Waals surface area contributed by atoms with Crippen molar-refractivity contribution >= 4 is 0 Å². The molecule has 0 fully saturated rings. The average Bonchev–Trinajstić information content (AvgIpc) is 2.38. The molecule has 0 aliphatic heterocycles. The van der Waals surface area contributed by atoms with Gasteiger partial charge in [0.05, 0.1) is 5.69 Å². The van der Waals surface area contributed by atoms with E-state index in [1.165, 1.54) is 24.1 Å². The summed E-state index contributed by atoms with van der Waals surface area (Å²) in [6.45, 7) is 8.46. The van der Waals surface area contributed by atoms with Crippen molar-refractivity contribution in [2.75, 3.05) is 6.54 Å². The van der Waals surface area contributed by atoms with Crippen LogP contribution in [-0.2, 0) is 13.6 Å². The summed E-state index contributed by atoms with van der Waals surface area (Å²) in [5, 5.41) is 7.83. The van der Waals surface area contributed by atoms with Crippen molar-refractivity contribution in [2.24, 2.45) is 7.05 Å². The third kappa shape index (κ3) is 2.58. The van der Waals surface area contributed by atoms with Gasteiger partial charge in [0.25, 0.3) is 0 Å². The van der Waals surface area contributed by atoms with E-state index in [0.29, 0.717) is 0 Å². The van der Waals surface area contributed by atoms with Crippen molar-refractivity contribution in [3.05, 3.63) is 17.0 Å². The molecular formula is C11H21N3. The molecule has 0 aliphatic carbocycles. The first-order valence-electron chi connectivity index (χ1n) is 5.36. The minimum Gasteiger partial charge on any atom is -0.313 e. The highest BCUT2D eigenvalue weighted by Crippen LogP contribution is 2.10. The summed E-state index contributed by atoms with van der Waals surface area (Å²) in [7, 11) is 2.00. The van der Waals surface area contributed by atoms with Crippen molar-refractivity contribution in [2.45, 2.75) is 40.2 Å². The van der Waals surface area contributed by atoms with Gasteiger partial charge in [-0.1, -0.05) is 13.3 Å². The molecular weight excluding hydrogens is 174 g/mol. The fourth-order valence-corrected chi connectivity index (χ4v) is 1.59. The first kappa shape index (κ1) is 11.2. The van der Waals surface area contributed by atoms with Crippen LogP contribution in [0, 0.1) is 13.8 Å². The summed E-state index contributed by atoms with van der Waals surface area (Å²) in [6.07, 6.45) is 2.50. The molecule has 1 aromatic rings. The highest BCUT2D eigenvalue weighted by molar-refractivity contribution is 5.23. The predicted molar refractivity (Wildman–Crippen MR) is 59.3 cm³/mol. The van der Waals surface area contributed by atoms with Crippen LogP contribution in [0.5, 0.6) is 0 Å². The molecule has 1 aromatic heterocycles. The zero-order valence-corrected chi connectivity index (χ0v) is 9.72. The van der Waals surface area contributed by atoms with Crippen LogP contribution in [0.25, 0.3) is 0 Å². The summed E-state index contributed by atoms with van der Waals surface area (Å²) in [4.78, 5) is 0. The van der Waals surface area contributed by atoms with Crippen LogP contribution in [0.3, 0.4) is 0 Å². The third-order valence-corrected chi connectivity index (χ3v) is 2.67. The van der Waals surface area contributed by atoms with Crippen molar-refractivity contribution in [1.82, 2.24) is 15.1 Å². The molecule has 1 N–H and O–H groups in total. The second kappa shape index (κ2) is 5.15. The number of nitrogens with one attached hydrogen (secondary N) is 1. The molecule has 0 saturated heterocycles. The lowest BCUT2D eigenvalue weighted by Gasteiger charge is -2.04. The van der Waals surface area contributed by atoms with Gasteiger partial charge in [0.2, 0.25) is 0 Å². The molecule has 3 heteroatoms. The number of hydrogen-bond donors (Lipinski definition) is 1. The van der Waals surface area contributed by atoms with Crippen LogP contribution in [0.2, 0.25) is 0 Å². The van der Waals surface area contributed by atoms with Gasteiger partial charge in [0, 0.05) is 24.8 Å². The molecule has 80 valence electrons. The van der Waals surface area contributed by atoms with E-state index < -0.39 is 0 Å². The number of unbranched alkanes of at least 4 members (excludes halogenated alkanes) is 1. The maximum Gasteiger partial charge on any atom is 0.0641 e. The maximum atomic E-state index is 4.39. The Morgan fingerprint density at radius 3 is 2.57 bits per heavy atom. The average molecular weight is 195 g/mol. The van der Waals surface area contributed by atoms with Crippen LogP contribution < -0.4 is 5.32 Å². The highest BCUT2D eigenvalue weighted by atomic mass is 15.3. The van der Waals surface area contributed by atoms with E-state index in [-0.39, 0.29) is 0 Å². The molecule has 0 aliphatic rings. The van der Waals surface area contributed by atoms with E-state index in [4.69, 9.17) is 0 Å². The van der Waals surface area contributed by atoms with E-state index in [9.17, 15) is 0 Å². The van der Waals surface area contributed by atoms with Gasteiger partial charge in [0.15, 0.2) is 0 Å². The summed E-state index contributed by atoms with van der Waals surface area (Å²) in [5.41, 5.74) is 3.77. The Kier molecular flexibility index (Phi) is 4.14. The lowest BCUT2D eigenvalue weighted by atomic mass is 10.2. The molecule has 3 nitrogen and oxygen atoms in total. The number of rotatable bonds is 5. The van der Waals surface area contributed by atoms with Crippen molar-refractivity contribution in [3.63, 3.8) is 0 Å². The third-order valence-electron chi connectivity index (χ3n) is 2.67. The van der Waals surface area contributed by atoms with Crippen LogP contribution in [0.4, 0.5) is 0 Å². The number of hydrogen-bond acceptors (Lipinski definition) is 2.